The topological polar surface area (TPSA) is 98.3 Å². The molecule has 8 heteroatoms. The number of hydrogen-bond donors (Lipinski definition) is 3. The average molecular weight is 391 g/mol. The molecule has 0 radical (unpaired) electrons. The number of hydrogen-bond acceptors (Lipinski definition) is 6. The van der Waals surface area contributed by atoms with Crippen molar-refractivity contribution >= 4 is 27.5 Å². The zero-order chi connectivity index (χ0) is 18.8. The Bertz CT molecular complexity index is 858. The number of likely N-dealkylation sites (tertiary alicyclic amines) is 1. The summed E-state index contributed by atoms with van der Waals surface area (Å²) in [6, 6.07) is 1.77. The molecule has 2 aromatic heterocycles. The zero-order valence-electron chi connectivity index (χ0n) is 15.3. The highest BCUT2D eigenvalue weighted by atomic mass is 32.1. The molecule has 0 unspecified atom stereocenters. The van der Waals surface area contributed by atoms with Crippen molar-refractivity contribution in [2.24, 2.45) is 5.92 Å². The molecular formula is C19H26N4O3S. The fourth-order valence-corrected chi connectivity index (χ4v) is 5.09. The van der Waals surface area contributed by atoms with E-state index in [9.17, 15) is 14.7 Å². The summed E-state index contributed by atoms with van der Waals surface area (Å²) in [6.45, 7) is 1.62. The Hall–Kier alpha value is -1.77. The summed E-state index contributed by atoms with van der Waals surface area (Å²) in [7, 11) is 0. The molecule has 1 amide bonds. The van der Waals surface area contributed by atoms with Crippen LogP contribution in [-0.2, 0) is 11.3 Å². The molecule has 0 aromatic carbocycles. The number of rotatable bonds is 5. The lowest BCUT2D eigenvalue weighted by atomic mass is 10.0. The van der Waals surface area contributed by atoms with Crippen molar-refractivity contribution in [2.45, 2.75) is 57.2 Å². The minimum atomic E-state index is -0.493. The maximum Gasteiger partial charge on any atom is 0.268 e. The number of carbonyl (C=O) groups excluding carboxylic acids is 1. The number of H-pyrrole nitrogens is 1. The van der Waals surface area contributed by atoms with E-state index < -0.39 is 6.10 Å². The number of piperidine rings is 1. The molecule has 7 nitrogen and oxygen atoms in total. The van der Waals surface area contributed by atoms with Gasteiger partial charge in [0.1, 0.15) is 10.5 Å². The molecule has 1 saturated carbocycles. The van der Waals surface area contributed by atoms with Crippen LogP contribution in [0, 0.1) is 5.92 Å². The Balaban J connectivity index is 1.37. The SMILES string of the molecule is O=C(CC1CCCC1)N[C@H]1C[C@@H](O)CN(Cc2nc3ccsc3c(=O)[nH]2)C1. The van der Waals surface area contributed by atoms with E-state index in [1.165, 1.54) is 24.2 Å². The quantitative estimate of drug-likeness (QED) is 0.721. The van der Waals surface area contributed by atoms with E-state index in [0.29, 0.717) is 54.4 Å². The summed E-state index contributed by atoms with van der Waals surface area (Å²) in [6.07, 6.45) is 5.43. The van der Waals surface area contributed by atoms with E-state index in [2.05, 4.69) is 15.3 Å². The second-order valence-corrected chi connectivity index (χ2v) is 8.77. The number of thiophene rings is 1. The van der Waals surface area contributed by atoms with Gasteiger partial charge in [0.2, 0.25) is 5.91 Å². The highest BCUT2D eigenvalue weighted by molar-refractivity contribution is 7.17. The van der Waals surface area contributed by atoms with Crippen LogP contribution >= 0.6 is 11.3 Å². The van der Waals surface area contributed by atoms with Crippen LogP contribution in [-0.4, -0.2) is 51.1 Å². The van der Waals surface area contributed by atoms with E-state index in [0.717, 1.165) is 12.8 Å². The third kappa shape index (κ3) is 4.56. The van der Waals surface area contributed by atoms with Gasteiger partial charge in [0.25, 0.3) is 5.56 Å². The van der Waals surface area contributed by atoms with E-state index in [4.69, 9.17) is 0 Å². The number of aliphatic hydroxyl groups excluding tert-OH is 1. The number of aromatic nitrogens is 2. The van der Waals surface area contributed by atoms with Gasteiger partial charge >= 0.3 is 0 Å². The van der Waals surface area contributed by atoms with Crippen LogP contribution in [0.5, 0.6) is 0 Å². The summed E-state index contributed by atoms with van der Waals surface area (Å²) in [5.74, 6) is 1.20. The number of nitrogens with zero attached hydrogens (tertiary/aromatic N) is 2. The maximum absolute atomic E-state index is 12.3. The van der Waals surface area contributed by atoms with E-state index in [1.807, 2.05) is 16.3 Å². The number of β-amino-alcohol motifs (C(OH)–C–C–N with tert-alkyl or cyclic N) is 1. The summed E-state index contributed by atoms with van der Waals surface area (Å²) in [5, 5.41) is 15.2. The number of aliphatic hydroxyl groups is 1. The molecular weight excluding hydrogens is 364 g/mol. The van der Waals surface area contributed by atoms with Gasteiger partial charge in [-0.15, -0.1) is 11.3 Å². The first-order chi connectivity index (χ1) is 13.1. The van der Waals surface area contributed by atoms with Crippen molar-refractivity contribution in [3.05, 3.63) is 27.6 Å². The third-order valence-electron chi connectivity index (χ3n) is 5.56. The van der Waals surface area contributed by atoms with Crippen LogP contribution in [0.4, 0.5) is 0 Å². The number of amides is 1. The smallest absolute Gasteiger partial charge is 0.268 e. The van der Waals surface area contributed by atoms with E-state index >= 15 is 0 Å². The summed E-state index contributed by atoms with van der Waals surface area (Å²) >= 11 is 1.38. The molecule has 2 aliphatic rings. The number of aromatic amines is 1. The maximum atomic E-state index is 12.3. The minimum Gasteiger partial charge on any atom is -0.392 e. The fourth-order valence-electron chi connectivity index (χ4n) is 4.37. The lowest BCUT2D eigenvalue weighted by Gasteiger charge is -2.35. The Morgan fingerprint density at radius 1 is 1.37 bits per heavy atom. The van der Waals surface area contributed by atoms with E-state index in [1.54, 1.807) is 0 Å². The molecule has 1 aliphatic heterocycles. The van der Waals surface area contributed by atoms with Crippen molar-refractivity contribution in [3.8, 4) is 0 Å². The van der Waals surface area contributed by atoms with Gasteiger partial charge in [-0.25, -0.2) is 4.98 Å². The monoisotopic (exact) mass is 390 g/mol. The molecule has 2 aromatic rings. The predicted octanol–water partition coefficient (Wildman–Crippen LogP) is 1.62. The third-order valence-corrected chi connectivity index (χ3v) is 6.46. The molecule has 4 rings (SSSR count). The molecule has 0 spiro atoms. The van der Waals surface area contributed by atoms with Crippen LogP contribution in [0.3, 0.4) is 0 Å². The van der Waals surface area contributed by atoms with Gasteiger partial charge in [-0.2, -0.15) is 0 Å². The highest BCUT2D eigenvalue weighted by Crippen LogP contribution is 2.27. The number of carbonyl (C=O) groups is 1. The fraction of sp³-hybridized carbons (Fsp3) is 0.632. The number of nitrogens with one attached hydrogen (secondary N) is 2. The lowest BCUT2D eigenvalue weighted by molar-refractivity contribution is -0.123. The van der Waals surface area contributed by atoms with Gasteiger partial charge in [0, 0.05) is 25.6 Å². The lowest BCUT2D eigenvalue weighted by Crippen LogP contribution is -2.52. The average Bonchev–Trinajstić information content (AvgIpc) is 3.25. The minimum absolute atomic E-state index is 0.0701. The Kier molecular flexibility index (Phi) is 5.56. The first kappa shape index (κ1) is 18.6. The predicted molar refractivity (Wildman–Crippen MR) is 105 cm³/mol. The van der Waals surface area contributed by atoms with Gasteiger partial charge in [0.15, 0.2) is 0 Å². The molecule has 0 bridgehead atoms. The van der Waals surface area contributed by atoms with E-state index in [-0.39, 0.29) is 17.5 Å². The summed E-state index contributed by atoms with van der Waals surface area (Å²) < 4.78 is 0.634. The molecule has 1 saturated heterocycles. The van der Waals surface area contributed by atoms with Gasteiger partial charge in [-0.3, -0.25) is 14.5 Å². The zero-order valence-corrected chi connectivity index (χ0v) is 16.1. The van der Waals surface area contributed by atoms with Crippen LogP contribution in [0.2, 0.25) is 0 Å². The molecule has 146 valence electrons. The highest BCUT2D eigenvalue weighted by Gasteiger charge is 2.28. The normalized spacial score (nSPS) is 24.5. The largest absolute Gasteiger partial charge is 0.392 e. The molecule has 3 N–H and O–H groups in total. The molecule has 27 heavy (non-hydrogen) atoms. The summed E-state index contributed by atoms with van der Waals surface area (Å²) in [5.41, 5.74) is 0.585. The number of fused-ring (bicyclic) bond motifs is 1. The first-order valence-corrected chi connectivity index (χ1v) is 10.6. The van der Waals surface area contributed by atoms with Gasteiger partial charge in [-0.1, -0.05) is 12.8 Å². The van der Waals surface area contributed by atoms with Crippen LogP contribution in [0.1, 0.15) is 44.3 Å². The van der Waals surface area contributed by atoms with Crippen molar-refractivity contribution in [2.75, 3.05) is 13.1 Å². The van der Waals surface area contributed by atoms with Gasteiger partial charge in [-0.05, 0) is 36.6 Å². The van der Waals surface area contributed by atoms with Crippen molar-refractivity contribution < 1.29 is 9.90 Å². The Morgan fingerprint density at radius 2 is 2.19 bits per heavy atom. The first-order valence-electron chi connectivity index (χ1n) is 9.73. The van der Waals surface area contributed by atoms with Crippen LogP contribution < -0.4 is 10.9 Å². The second-order valence-electron chi connectivity index (χ2n) is 7.85. The van der Waals surface area contributed by atoms with Crippen LogP contribution in [0.25, 0.3) is 10.2 Å². The molecule has 1 aliphatic carbocycles. The Morgan fingerprint density at radius 3 is 3.00 bits per heavy atom. The Labute approximate surface area is 161 Å². The van der Waals surface area contributed by atoms with Gasteiger partial charge in [0.05, 0.1) is 18.2 Å². The summed E-state index contributed by atoms with van der Waals surface area (Å²) in [4.78, 5) is 33.9. The molecule has 2 atom stereocenters. The van der Waals surface area contributed by atoms with Crippen molar-refractivity contribution in [1.29, 1.82) is 0 Å². The molecule has 3 heterocycles. The van der Waals surface area contributed by atoms with Crippen LogP contribution in [0.15, 0.2) is 16.2 Å². The second kappa shape index (κ2) is 8.08. The molecule has 2 fully saturated rings. The van der Waals surface area contributed by atoms with Gasteiger partial charge < -0.3 is 15.4 Å². The standard InChI is InChI=1S/C19H26N4O3S/c24-14-8-13(20-17(25)7-12-3-1-2-4-12)9-23(10-14)11-16-21-15-5-6-27-18(15)19(26)22-16/h5-6,12-14,24H,1-4,7-11H2,(H,20,25)(H,21,22,26)/t13-,14+/m0/s1. The van der Waals surface area contributed by atoms with Crippen molar-refractivity contribution in [3.63, 3.8) is 0 Å². The van der Waals surface area contributed by atoms with Crippen molar-refractivity contribution in [1.82, 2.24) is 20.2 Å².